The SMILES string of the molecule is CC1(C)c2ccccc2-c2ccc(-c3nc(-c4ccc5c(c4)C(C)(C)c4ccccc4-5)nc(-c4ccc5c(c4)oc4cccc(-c6ccccc6)c45)n3)cc21. The highest BCUT2D eigenvalue weighted by atomic mass is 16.3. The molecule has 55 heavy (non-hydrogen) atoms. The Labute approximate surface area is 320 Å². The van der Waals surface area contributed by atoms with Crippen LogP contribution in [0.3, 0.4) is 0 Å². The van der Waals surface area contributed by atoms with Crippen molar-refractivity contribution in [3.8, 4) is 67.5 Å². The highest BCUT2D eigenvalue weighted by molar-refractivity contribution is 6.13. The minimum Gasteiger partial charge on any atom is -0.456 e. The van der Waals surface area contributed by atoms with Gasteiger partial charge >= 0.3 is 0 Å². The van der Waals surface area contributed by atoms with Crippen molar-refractivity contribution in [3.05, 3.63) is 174 Å². The molecular weight excluding hydrogens is 671 g/mol. The van der Waals surface area contributed by atoms with Gasteiger partial charge in [0.05, 0.1) is 0 Å². The van der Waals surface area contributed by atoms with Crippen LogP contribution in [0.4, 0.5) is 0 Å². The molecule has 0 saturated carbocycles. The summed E-state index contributed by atoms with van der Waals surface area (Å²) in [6.45, 7) is 9.23. The molecule has 0 unspecified atom stereocenters. The van der Waals surface area contributed by atoms with Gasteiger partial charge in [0.2, 0.25) is 0 Å². The predicted molar refractivity (Wildman–Crippen MR) is 224 cm³/mol. The smallest absolute Gasteiger partial charge is 0.164 e. The Morgan fingerprint density at radius 1 is 0.364 bits per heavy atom. The summed E-state index contributed by atoms with van der Waals surface area (Å²) in [6.07, 6.45) is 0. The van der Waals surface area contributed by atoms with Gasteiger partial charge in [0.25, 0.3) is 0 Å². The van der Waals surface area contributed by atoms with Crippen LogP contribution in [0.2, 0.25) is 0 Å². The molecule has 0 atom stereocenters. The van der Waals surface area contributed by atoms with Crippen molar-refractivity contribution in [2.75, 3.05) is 0 Å². The molecule has 4 heteroatoms. The Morgan fingerprint density at radius 3 is 1.42 bits per heavy atom. The topological polar surface area (TPSA) is 51.8 Å². The van der Waals surface area contributed by atoms with Crippen molar-refractivity contribution in [2.24, 2.45) is 0 Å². The molecule has 2 aromatic heterocycles. The summed E-state index contributed by atoms with van der Waals surface area (Å²) in [7, 11) is 0. The van der Waals surface area contributed by atoms with Gasteiger partial charge in [-0.05, 0) is 86.0 Å². The monoisotopic (exact) mass is 707 g/mol. The van der Waals surface area contributed by atoms with Crippen LogP contribution in [-0.2, 0) is 10.8 Å². The van der Waals surface area contributed by atoms with Gasteiger partial charge in [0.15, 0.2) is 17.5 Å². The number of hydrogen-bond donors (Lipinski definition) is 0. The Kier molecular flexibility index (Phi) is 6.61. The molecule has 0 amide bonds. The van der Waals surface area contributed by atoms with Crippen LogP contribution in [0.15, 0.2) is 156 Å². The molecule has 0 fully saturated rings. The van der Waals surface area contributed by atoms with Gasteiger partial charge in [-0.3, -0.25) is 0 Å². The number of furan rings is 1. The fourth-order valence-corrected chi connectivity index (χ4v) is 9.27. The molecule has 0 spiro atoms. The van der Waals surface area contributed by atoms with E-state index >= 15 is 0 Å². The molecule has 0 radical (unpaired) electrons. The maximum absolute atomic E-state index is 6.54. The maximum Gasteiger partial charge on any atom is 0.164 e. The second-order valence-corrected chi connectivity index (χ2v) is 16.0. The average Bonchev–Trinajstić information content (AvgIpc) is 3.80. The first-order valence-electron chi connectivity index (χ1n) is 19.0. The van der Waals surface area contributed by atoms with Crippen LogP contribution < -0.4 is 0 Å². The van der Waals surface area contributed by atoms with E-state index in [9.17, 15) is 0 Å². The van der Waals surface area contributed by atoms with Crippen LogP contribution in [0, 0.1) is 0 Å². The maximum atomic E-state index is 6.54. The Morgan fingerprint density at radius 2 is 0.836 bits per heavy atom. The highest BCUT2D eigenvalue weighted by Crippen LogP contribution is 2.51. The second-order valence-electron chi connectivity index (χ2n) is 16.0. The van der Waals surface area contributed by atoms with E-state index in [-0.39, 0.29) is 10.8 Å². The van der Waals surface area contributed by atoms with E-state index in [4.69, 9.17) is 19.4 Å². The van der Waals surface area contributed by atoms with E-state index in [1.54, 1.807) is 0 Å². The van der Waals surface area contributed by atoms with E-state index in [2.05, 4.69) is 167 Å². The van der Waals surface area contributed by atoms with E-state index in [0.29, 0.717) is 17.5 Å². The van der Waals surface area contributed by atoms with Gasteiger partial charge in [-0.1, -0.05) is 149 Å². The van der Waals surface area contributed by atoms with Gasteiger partial charge in [-0.2, -0.15) is 0 Å². The average molecular weight is 708 g/mol. The van der Waals surface area contributed by atoms with Crippen molar-refractivity contribution in [2.45, 2.75) is 38.5 Å². The number of fused-ring (bicyclic) bond motifs is 9. The molecule has 2 aliphatic rings. The van der Waals surface area contributed by atoms with E-state index in [0.717, 1.165) is 49.8 Å². The van der Waals surface area contributed by atoms with Crippen molar-refractivity contribution in [1.82, 2.24) is 15.0 Å². The normalized spacial score (nSPS) is 14.5. The van der Waals surface area contributed by atoms with E-state index in [1.165, 1.54) is 44.5 Å². The molecular formula is C51H37N3O. The summed E-state index contributed by atoms with van der Waals surface area (Å²) in [5, 5.41) is 2.17. The summed E-state index contributed by atoms with van der Waals surface area (Å²) in [6, 6.07) is 54.0. The molecule has 262 valence electrons. The standard InChI is InChI=1S/C51H37N3O/c1-50(2)40-18-10-8-15-35(40)37-24-21-31(27-42(37)50)47-52-48(32-22-25-38-36-16-9-11-19-41(36)51(3,4)43(38)28-32)54-49(53-47)33-23-26-39-45(29-33)55-44-20-12-17-34(46(39)44)30-13-6-5-7-14-30/h5-29H,1-4H3. The number of aromatic nitrogens is 3. The number of benzene rings is 7. The number of nitrogens with zero attached hydrogens (tertiary/aromatic N) is 3. The molecule has 0 saturated heterocycles. The van der Waals surface area contributed by atoms with E-state index < -0.39 is 0 Å². The minimum atomic E-state index is -0.147. The summed E-state index contributed by atoms with van der Waals surface area (Å²) in [5.74, 6) is 1.90. The van der Waals surface area contributed by atoms with Crippen molar-refractivity contribution < 1.29 is 4.42 Å². The van der Waals surface area contributed by atoms with Gasteiger partial charge < -0.3 is 4.42 Å². The fourth-order valence-electron chi connectivity index (χ4n) is 9.27. The third-order valence-electron chi connectivity index (χ3n) is 12.2. The molecule has 2 aliphatic carbocycles. The van der Waals surface area contributed by atoms with Crippen molar-refractivity contribution in [1.29, 1.82) is 0 Å². The van der Waals surface area contributed by atoms with Crippen LogP contribution >= 0.6 is 0 Å². The quantitative estimate of drug-likeness (QED) is 0.183. The second kappa shape index (κ2) is 11.4. The predicted octanol–water partition coefficient (Wildman–Crippen LogP) is 13.1. The van der Waals surface area contributed by atoms with Gasteiger partial charge in [-0.25, -0.2) is 15.0 Å². The lowest BCUT2D eigenvalue weighted by Gasteiger charge is -2.22. The van der Waals surface area contributed by atoms with Gasteiger partial charge in [0, 0.05) is 38.3 Å². The molecule has 2 heterocycles. The van der Waals surface area contributed by atoms with Gasteiger partial charge in [-0.15, -0.1) is 0 Å². The highest BCUT2D eigenvalue weighted by Gasteiger charge is 2.37. The van der Waals surface area contributed by atoms with Gasteiger partial charge in [0.1, 0.15) is 11.2 Å². The van der Waals surface area contributed by atoms with Crippen molar-refractivity contribution in [3.63, 3.8) is 0 Å². The number of hydrogen-bond acceptors (Lipinski definition) is 4. The Balaban J connectivity index is 1.09. The molecule has 11 rings (SSSR count). The third kappa shape index (κ3) is 4.67. The summed E-state index contributed by atoms with van der Waals surface area (Å²) in [4.78, 5) is 15.7. The molecule has 0 bridgehead atoms. The van der Waals surface area contributed by atoms with Crippen LogP contribution in [0.25, 0.3) is 89.5 Å². The van der Waals surface area contributed by atoms with E-state index in [1.807, 2.05) is 12.1 Å². The first-order valence-corrected chi connectivity index (χ1v) is 19.0. The lowest BCUT2D eigenvalue weighted by atomic mass is 9.82. The largest absolute Gasteiger partial charge is 0.456 e. The van der Waals surface area contributed by atoms with Crippen LogP contribution in [0.5, 0.6) is 0 Å². The Hall–Kier alpha value is -6.65. The fraction of sp³-hybridized carbons (Fsp3) is 0.118. The zero-order chi connectivity index (χ0) is 37.1. The Bertz CT molecular complexity index is 2920. The summed E-state index contributed by atoms with van der Waals surface area (Å²) >= 11 is 0. The summed E-state index contributed by atoms with van der Waals surface area (Å²) in [5.41, 5.74) is 16.9. The molecule has 0 aliphatic heterocycles. The van der Waals surface area contributed by atoms with Crippen LogP contribution in [-0.4, -0.2) is 15.0 Å². The van der Waals surface area contributed by atoms with Crippen LogP contribution in [0.1, 0.15) is 49.9 Å². The molecule has 9 aromatic rings. The molecule has 7 aromatic carbocycles. The number of rotatable bonds is 4. The third-order valence-corrected chi connectivity index (χ3v) is 12.2. The summed E-state index contributed by atoms with van der Waals surface area (Å²) < 4.78 is 6.54. The lowest BCUT2D eigenvalue weighted by Crippen LogP contribution is -2.15. The first-order chi connectivity index (χ1) is 26.8. The minimum absolute atomic E-state index is 0.147. The molecule has 4 nitrogen and oxygen atoms in total. The zero-order valence-electron chi connectivity index (χ0n) is 31.2. The zero-order valence-corrected chi connectivity index (χ0v) is 31.2. The van der Waals surface area contributed by atoms with Crippen molar-refractivity contribution >= 4 is 21.9 Å². The first kappa shape index (κ1) is 31.8. The lowest BCUT2D eigenvalue weighted by molar-refractivity contribution is 0.660. The molecule has 0 N–H and O–H groups in total.